The van der Waals surface area contributed by atoms with Gasteiger partial charge in [-0.15, -0.1) is 0 Å². The van der Waals surface area contributed by atoms with E-state index in [-0.39, 0.29) is 12.2 Å². The third-order valence-corrected chi connectivity index (χ3v) is 3.16. The molecule has 2 aliphatic heterocycles. The Labute approximate surface area is 78.0 Å². The highest BCUT2D eigenvalue weighted by Gasteiger charge is 2.34. The van der Waals surface area contributed by atoms with Crippen molar-refractivity contribution in [1.82, 2.24) is 0 Å². The molecular weight excluding hydrogens is 160 g/mol. The predicted octanol–water partition coefficient (Wildman–Crippen LogP) is 2.99. The maximum Gasteiger partial charge on any atom is 0.103 e. The van der Waals surface area contributed by atoms with Crippen molar-refractivity contribution in [2.24, 2.45) is 0 Å². The first kappa shape index (κ1) is 7.34. The smallest absolute Gasteiger partial charge is 0.103 e. The van der Waals surface area contributed by atoms with Gasteiger partial charge in [0.15, 0.2) is 0 Å². The van der Waals surface area contributed by atoms with Crippen molar-refractivity contribution >= 4 is 0 Å². The Morgan fingerprint density at radius 2 is 1.85 bits per heavy atom. The highest BCUT2D eigenvalue weighted by atomic mass is 16.5. The standard InChI is InChI=1S/C12H12O/c1-7-3-4-9-10-5-6-11(13-10)12(9)8(7)2/h3-6,10-11H,1-2H3. The highest BCUT2D eigenvalue weighted by molar-refractivity contribution is 5.49. The molecule has 0 fully saturated rings. The molecule has 0 N–H and O–H groups in total. The Balaban J connectivity index is 2.30. The monoisotopic (exact) mass is 172 g/mol. The van der Waals surface area contributed by atoms with E-state index >= 15 is 0 Å². The molecule has 0 amide bonds. The van der Waals surface area contributed by atoms with Gasteiger partial charge in [-0.25, -0.2) is 0 Å². The molecule has 2 aliphatic rings. The zero-order chi connectivity index (χ0) is 9.00. The van der Waals surface area contributed by atoms with Crippen LogP contribution in [0.5, 0.6) is 0 Å². The van der Waals surface area contributed by atoms with Gasteiger partial charge >= 0.3 is 0 Å². The van der Waals surface area contributed by atoms with E-state index in [9.17, 15) is 0 Å². The number of fused-ring (bicyclic) bond motifs is 5. The van der Waals surface area contributed by atoms with Gasteiger partial charge in [-0.05, 0) is 36.1 Å². The minimum absolute atomic E-state index is 0.235. The summed E-state index contributed by atoms with van der Waals surface area (Å²) < 4.78 is 5.77. The first-order chi connectivity index (χ1) is 6.27. The normalized spacial score (nSPS) is 28.2. The number of rotatable bonds is 0. The highest BCUT2D eigenvalue weighted by Crippen LogP contribution is 2.47. The minimum Gasteiger partial charge on any atom is -0.357 e. The van der Waals surface area contributed by atoms with Gasteiger partial charge in [0.2, 0.25) is 0 Å². The molecular formula is C12H12O. The van der Waals surface area contributed by atoms with E-state index in [1.807, 2.05) is 0 Å². The van der Waals surface area contributed by atoms with Crippen LogP contribution in [0.4, 0.5) is 0 Å². The molecule has 1 nitrogen and oxygen atoms in total. The summed E-state index contributed by atoms with van der Waals surface area (Å²) in [6, 6.07) is 4.39. The molecule has 1 aromatic rings. The summed E-state index contributed by atoms with van der Waals surface area (Å²) in [7, 11) is 0. The molecule has 2 atom stereocenters. The van der Waals surface area contributed by atoms with Gasteiger partial charge in [0.1, 0.15) is 12.2 Å². The summed E-state index contributed by atoms with van der Waals surface area (Å²) >= 11 is 0. The lowest BCUT2D eigenvalue weighted by Crippen LogP contribution is -1.97. The van der Waals surface area contributed by atoms with Crippen LogP contribution >= 0.6 is 0 Å². The lowest BCUT2D eigenvalue weighted by molar-refractivity contribution is 0.0876. The molecule has 1 aromatic carbocycles. The minimum atomic E-state index is 0.235. The Bertz CT molecular complexity index is 404. The van der Waals surface area contributed by atoms with Crippen molar-refractivity contribution in [3.05, 3.63) is 46.5 Å². The third kappa shape index (κ3) is 0.802. The number of ether oxygens (including phenoxy) is 1. The molecule has 2 unspecified atom stereocenters. The van der Waals surface area contributed by atoms with Crippen LogP contribution in [0, 0.1) is 13.8 Å². The van der Waals surface area contributed by atoms with Crippen molar-refractivity contribution in [3.8, 4) is 0 Å². The lowest BCUT2D eigenvalue weighted by atomic mass is 9.90. The van der Waals surface area contributed by atoms with E-state index in [4.69, 9.17) is 4.74 Å². The molecule has 3 rings (SSSR count). The van der Waals surface area contributed by atoms with E-state index < -0.39 is 0 Å². The average Bonchev–Trinajstić information content (AvgIpc) is 2.70. The molecule has 2 bridgehead atoms. The van der Waals surface area contributed by atoms with E-state index in [2.05, 4.69) is 38.1 Å². The fourth-order valence-electron chi connectivity index (χ4n) is 2.28. The third-order valence-electron chi connectivity index (χ3n) is 3.16. The Morgan fingerprint density at radius 1 is 1.08 bits per heavy atom. The summed E-state index contributed by atoms with van der Waals surface area (Å²) in [5.74, 6) is 0. The van der Waals surface area contributed by atoms with Crippen LogP contribution in [-0.4, -0.2) is 0 Å². The van der Waals surface area contributed by atoms with Crippen molar-refractivity contribution in [1.29, 1.82) is 0 Å². The number of hydrogen-bond donors (Lipinski definition) is 0. The quantitative estimate of drug-likeness (QED) is 0.547. The summed E-state index contributed by atoms with van der Waals surface area (Å²) in [5, 5.41) is 0. The molecule has 0 aliphatic carbocycles. The molecule has 0 spiro atoms. The van der Waals surface area contributed by atoms with Crippen LogP contribution in [0.3, 0.4) is 0 Å². The van der Waals surface area contributed by atoms with Crippen LogP contribution < -0.4 is 0 Å². The van der Waals surface area contributed by atoms with Crippen molar-refractivity contribution in [2.45, 2.75) is 26.1 Å². The fourth-order valence-corrected chi connectivity index (χ4v) is 2.28. The molecule has 0 aromatic heterocycles. The average molecular weight is 172 g/mol. The first-order valence-electron chi connectivity index (χ1n) is 4.71. The maximum absolute atomic E-state index is 5.77. The van der Waals surface area contributed by atoms with Gasteiger partial charge in [0, 0.05) is 0 Å². The van der Waals surface area contributed by atoms with E-state index in [0.29, 0.717) is 0 Å². The molecule has 66 valence electrons. The number of benzene rings is 1. The fraction of sp³-hybridized carbons (Fsp3) is 0.333. The second-order valence-electron chi connectivity index (χ2n) is 3.87. The summed E-state index contributed by atoms with van der Waals surface area (Å²) in [5.41, 5.74) is 5.54. The summed E-state index contributed by atoms with van der Waals surface area (Å²) in [4.78, 5) is 0. The van der Waals surface area contributed by atoms with Crippen LogP contribution in [0.2, 0.25) is 0 Å². The van der Waals surface area contributed by atoms with Gasteiger partial charge in [0.05, 0.1) is 0 Å². The predicted molar refractivity (Wildman–Crippen MR) is 51.6 cm³/mol. The molecule has 1 heteroatoms. The number of hydrogen-bond acceptors (Lipinski definition) is 1. The molecule has 2 heterocycles. The SMILES string of the molecule is Cc1ccc2c(c1C)C1C=CC2O1. The molecule has 0 radical (unpaired) electrons. The van der Waals surface area contributed by atoms with E-state index in [1.165, 1.54) is 22.3 Å². The first-order valence-corrected chi connectivity index (χ1v) is 4.71. The van der Waals surface area contributed by atoms with Crippen LogP contribution in [0.1, 0.15) is 34.5 Å². The van der Waals surface area contributed by atoms with Gasteiger partial charge in [0.25, 0.3) is 0 Å². The van der Waals surface area contributed by atoms with Crippen molar-refractivity contribution < 1.29 is 4.74 Å². The van der Waals surface area contributed by atoms with Gasteiger partial charge < -0.3 is 4.74 Å². The van der Waals surface area contributed by atoms with Crippen molar-refractivity contribution in [2.75, 3.05) is 0 Å². The molecule has 0 saturated carbocycles. The van der Waals surface area contributed by atoms with E-state index in [0.717, 1.165) is 0 Å². The Morgan fingerprint density at radius 3 is 2.69 bits per heavy atom. The second-order valence-corrected chi connectivity index (χ2v) is 3.87. The summed E-state index contributed by atoms with van der Waals surface area (Å²) in [6.07, 6.45) is 4.79. The topological polar surface area (TPSA) is 9.23 Å². The molecule has 13 heavy (non-hydrogen) atoms. The van der Waals surface area contributed by atoms with E-state index in [1.54, 1.807) is 0 Å². The van der Waals surface area contributed by atoms with Gasteiger partial charge in [-0.2, -0.15) is 0 Å². The van der Waals surface area contributed by atoms with Crippen LogP contribution in [0.25, 0.3) is 0 Å². The largest absolute Gasteiger partial charge is 0.357 e. The van der Waals surface area contributed by atoms with Crippen LogP contribution in [-0.2, 0) is 4.74 Å². The van der Waals surface area contributed by atoms with Gasteiger partial charge in [-0.3, -0.25) is 0 Å². The lowest BCUT2D eigenvalue weighted by Gasteiger charge is -2.12. The Hall–Kier alpha value is -1.08. The van der Waals surface area contributed by atoms with Crippen molar-refractivity contribution in [3.63, 3.8) is 0 Å². The molecule has 0 saturated heterocycles. The maximum atomic E-state index is 5.77. The Kier molecular flexibility index (Phi) is 1.26. The zero-order valence-electron chi connectivity index (χ0n) is 7.87. The number of aryl methyl sites for hydroxylation is 1. The summed E-state index contributed by atoms with van der Waals surface area (Å²) in [6.45, 7) is 4.34. The second kappa shape index (κ2) is 2.24. The zero-order valence-corrected chi connectivity index (χ0v) is 7.87. The van der Waals surface area contributed by atoms with Crippen LogP contribution in [0.15, 0.2) is 24.3 Å². The van der Waals surface area contributed by atoms with Gasteiger partial charge in [-0.1, -0.05) is 24.3 Å².